The molecule has 2 bridgehead atoms. The van der Waals surface area contributed by atoms with Gasteiger partial charge in [-0.15, -0.1) is 5.10 Å². The molecule has 170 valence electrons. The second kappa shape index (κ2) is 9.13. The topological polar surface area (TPSA) is 61.0 Å². The molecule has 2 aliphatic rings. The van der Waals surface area contributed by atoms with E-state index in [9.17, 15) is 9.18 Å². The smallest absolute Gasteiger partial charge is 0.350 e. The molecule has 0 radical (unpaired) electrons. The zero-order chi connectivity index (χ0) is 22.1. The summed E-state index contributed by atoms with van der Waals surface area (Å²) in [6.07, 6.45) is 5.90. The van der Waals surface area contributed by atoms with Gasteiger partial charge in [-0.2, -0.15) is 0 Å². The highest BCUT2D eigenvalue weighted by molar-refractivity contribution is 5.35. The Balaban J connectivity index is 1.20. The quantitative estimate of drug-likeness (QED) is 0.539. The highest BCUT2D eigenvalue weighted by atomic mass is 19.1. The summed E-state index contributed by atoms with van der Waals surface area (Å²) in [6, 6.07) is 13.2. The van der Waals surface area contributed by atoms with Crippen molar-refractivity contribution in [2.24, 2.45) is 0 Å². The first-order valence-electron chi connectivity index (χ1n) is 11.3. The maximum atomic E-state index is 13.9. The lowest BCUT2D eigenvalue weighted by atomic mass is 9.99. The molecule has 0 N–H and O–H groups in total. The minimum atomic E-state index is -0.210. The van der Waals surface area contributed by atoms with Crippen molar-refractivity contribution in [1.29, 1.82) is 0 Å². The Bertz CT molecular complexity index is 1120. The van der Waals surface area contributed by atoms with Gasteiger partial charge in [0.1, 0.15) is 5.82 Å². The molecule has 2 aliphatic heterocycles. The summed E-state index contributed by atoms with van der Waals surface area (Å²) >= 11 is 0. The summed E-state index contributed by atoms with van der Waals surface area (Å²) in [5, 5.41) is 4.44. The van der Waals surface area contributed by atoms with E-state index < -0.39 is 0 Å². The average molecular weight is 441 g/mol. The van der Waals surface area contributed by atoms with Crippen molar-refractivity contribution in [2.75, 3.05) is 13.7 Å². The van der Waals surface area contributed by atoms with E-state index in [-0.39, 0.29) is 23.7 Å². The normalized spacial score (nSPS) is 24.2. The number of piperidine rings is 1. The molecule has 0 spiro atoms. The van der Waals surface area contributed by atoms with E-state index in [0.717, 1.165) is 32.2 Å². The second-order valence-corrected chi connectivity index (χ2v) is 8.83. The van der Waals surface area contributed by atoms with Gasteiger partial charge in [0.2, 0.25) is 0 Å². The molecule has 3 unspecified atom stereocenters. The van der Waals surface area contributed by atoms with Crippen molar-refractivity contribution >= 4 is 5.65 Å². The Kier molecular flexibility index (Phi) is 6.08. The minimum Gasteiger partial charge on any atom is -0.378 e. The molecule has 0 saturated carbocycles. The van der Waals surface area contributed by atoms with Crippen molar-refractivity contribution in [2.45, 2.75) is 63.1 Å². The molecule has 1 aromatic carbocycles. The van der Waals surface area contributed by atoms with Gasteiger partial charge in [-0.05, 0) is 43.9 Å². The summed E-state index contributed by atoms with van der Waals surface area (Å²) in [6.45, 7) is 1.49. The lowest BCUT2D eigenvalue weighted by Crippen LogP contribution is -2.49. The third-order valence-electron chi connectivity index (χ3n) is 6.89. The molecule has 2 aromatic heterocycles. The fourth-order valence-corrected chi connectivity index (χ4v) is 5.20. The Labute approximate surface area is 186 Å². The van der Waals surface area contributed by atoms with Crippen LogP contribution in [0, 0.1) is 5.82 Å². The van der Waals surface area contributed by atoms with Crippen LogP contribution in [0.25, 0.3) is 5.65 Å². The maximum Gasteiger partial charge on any atom is 0.350 e. The van der Waals surface area contributed by atoms with Crippen LogP contribution in [0.15, 0.2) is 53.5 Å². The van der Waals surface area contributed by atoms with Gasteiger partial charge in [-0.3, -0.25) is 9.30 Å². The lowest BCUT2D eigenvalue weighted by molar-refractivity contribution is -0.0459. The zero-order valence-corrected chi connectivity index (χ0v) is 18.3. The Morgan fingerprint density at radius 3 is 2.56 bits per heavy atom. The number of methoxy groups -OCH3 is 1. The van der Waals surface area contributed by atoms with Crippen LogP contribution < -0.4 is 5.69 Å². The van der Waals surface area contributed by atoms with E-state index in [1.807, 2.05) is 24.3 Å². The fourth-order valence-electron chi connectivity index (χ4n) is 5.20. The van der Waals surface area contributed by atoms with Gasteiger partial charge >= 0.3 is 5.69 Å². The van der Waals surface area contributed by atoms with Gasteiger partial charge < -0.3 is 9.47 Å². The third kappa shape index (κ3) is 4.22. The molecule has 3 aromatic rings. The number of rotatable bonds is 8. The van der Waals surface area contributed by atoms with Gasteiger partial charge in [0, 0.05) is 37.5 Å². The van der Waals surface area contributed by atoms with Gasteiger partial charge in [0.15, 0.2) is 5.65 Å². The first kappa shape index (κ1) is 21.3. The lowest BCUT2D eigenvalue weighted by Gasteiger charge is -2.40. The van der Waals surface area contributed by atoms with Crippen LogP contribution in [0.3, 0.4) is 0 Å². The predicted molar refractivity (Wildman–Crippen MR) is 118 cm³/mol. The second-order valence-electron chi connectivity index (χ2n) is 8.83. The first-order chi connectivity index (χ1) is 15.6. The van der Waals surface area contributed by atoms with Crippen LogP contribution in [-0.4, -0.2) is 57.0 Å². The van der Waals surface area contributed by atoms with Crippen molar-refractivity contribution < 1.29 is 13.9 Å². The van der Waals surface area contributed by atoms with E-state index in [4.69, 9.17) is 9.47 Å². The van der Waals surface area contributed by atoms with Gasteiger partial charge in [0.05, 0.1) is 25.4 Å². The zero-order valence-electron chi connectivity index (χ0n) is 18.3. The van der Waals surface area contributed by atoms with E-state index in [2.05, 4.69) is 10.00 Å². The number of nitrogens with zero attached hydrogens (tertiary/aromatic N) is 4. The van der Waals surface area contributed by atoms with E-state index in [1.165, 1.54) is 10.7 Å². The number of aromatic nitrogens is 3. The molecule has 8 heteroatoms. The van der Waals surface area contributed by atoms with Crippen LogP contribution in [-0.2, 0) is 22.6 Å². The van der Waals surface area contributed by atoms with Gasteiger partial charge in [-0.1, -0.05) is 24.3 Å². The molecule has 2 fully saturated rings. The predicted octanol–water partition coefficient (Wildman–Crippen LogP) is 2.86. The number of benzene rings is 1. The number of halogens is 1. The summed E-state index contributed by atoms with van der Waals surface area (Å²) in [5.41, 5.74) is 1.10. The van der Waals surface area contributed by atoms with Gasteiger partial charge in [-0.25, -0.2) is 13.9 Å². The van der Waals surface area contributed by atoms with Crippen LogP contribution in [0.4, 0.5) is 4.39 Å². The van der Waals surface area contributed by atoms with Crippen molar-refractivity contribution in [3.8, 4) is 0 Å². The maximum absolute atomic E-state index is 13.9. The highest BCUT2D eigenvalue weighted by Crippen LogP contribution is 2.37. The molecule has 0 aliphatic carbocycles. The Morgan fingerprint density at radius 1 is 1.09 bits per heavy atom. The molecule has 2 saturated heterocycles. The third-order valence-corrected chi connectivity index (χ3v) is 6.89. The average Bonchev–Trinajstić information content (AvgIpc) is 3.23. The van der Waals surface area contributed by atoms with Gasteiger partial charge in [0.25, 0.3) is 0 Å². The standard InChI is InChI=1S/C24H29FN4O3/c1-31-21(15-29-24(30)27-11-5-4-8-23(27)26-29)14-28-18-9-10-19(28)13-20(12-18)32-16-17-6-2-3-7-22(17)25/h2-8,11,18-21H,9-10,12-16H2,1H3. The van der Waals surface area contributed by atoms with Crippen LogP contribution >= 0.6 is 0 Å². The molecule has 5 rings (SSSR count). The monoisotopic (exact) mass is 440 g/mol. The molecular formula is C24H29FN4O3. The van der Waals surface area contributed by atoms with Crippen molar-refractivity contribution in [1.82, 2.24) is 19.1 Å². The summed E-state index contributed by atoms with van der Waals surface area (Å²) in [7, 11) is 1.69. The molecule has 0 amide bonds. The molecule has 4 heterocycles. The van der Waals surface area contributed by atoms with E-state index in [0.29, 0.717) is 36.4 Å². The van der Waals surface area contributed by atoms with Crippen LogP contribution in [0.5, 0.6) is 0 Å². The molecular weight excluding hydrogens is 411 g/mol. The van der Waals surface area contributed by atoms with Crippen molar-refractivity contribution in [3.63, 3.8) is 0 Å². The fraction of sp³-hybridized carbons (Fsp3) is 0.500. The van der Waals surface area contributed by atoms with E-state index in [1.54, 1.807) is 29.8 Å². The minimum absolute atomic E-state index is 0.128. The summed E-state index contributed by atoms with van der Waals surface area (Å²) < 4.78 is 28.8. The largest absolute Gasteiger partial charge is 0.378 e. The number of fused-ring (bicyclic) bond motifs is 3. The van der Waals surface area contributed by atoms with Crippen LogP contribution in [0.1, 0.15) is 31.2 Å². The molecule has 32 heavy (non-hydrogen) atoms. The Morgan fingerprint density at radius 2 is 1.84 bits per heavy atom. The number of hydrogen-bond donors (Lipinski definition) is 0. The molecule has 7 nitrogen and oxygen atoms in total. The Hall–Kier alpha value is -2.55. The molecule has 3 atom stereocenters. The van der Waals surface area contributed by atoms with E-state index >= 15 is 0 Å². The number of hydrogen-bond acceptors (Lipinski definition) is 5. The van der Waals surface area contributed by atoms with Crippen LogP contribution in [0.2, 0.25) is 0 Å². The summed E-state index contributed by atoms with van der Waals surface area (Å²) in [4.78, 5) is 15.1. The first-order valence-corrected chi connectivity index (χ1v) is 11.3. The SMILES string of the molecule is COC(CN1C2CCC1CC(OCc1ccccc1F)C2)Cn1nc2ccccn2c1=O. The summed E-state index contributed by atoms with van der Waals surface area (Å²) in [5.74, 6) is -0.210. The number of ether oxygens (including phenoxy) is 2. The van der Waals surface area contributed by atoms with Crippen molar-refractivity contribution in [3.05, 3.63) is 70.5 Å². The highest BCUT2D eigenvalue weighted by Gasteiger charge is 2.42. The number of pyridine rings is 1.